The maximum atomic E-state index is 11.6. The van der Waals surface area contributed by atoms with Crippen molar-refractivity contribution in [2.24, 2.45) is 0 Å². The van der Waals surface area contributed by atoms with Crippen LogP contribution in [0.5, 0.6) is 11.5 Å². The fourth-order valence-electron chi connectivity index (χ4n) is 4.26. The Hall–Kier alpha value is -4.06. The number of aromatic nitrogens is 2. The first-order chi connectivity index (χ1) is 16.4. The lowest BCUT2D eigenvalue weighted by atomic mass is 10.0. The van der Waals surface area contributed by atoms with Crippen molar-refractivity contribution < 1.29 is 14.3 Å². The molecule has 0 saturated carbocycles. The van der Waals surface area contributed by atoms with Crippen LogP contribution in [0.3, 0.4) is 0 Å². The standard InChI is InChI=1S/C25H28N6O3/c1-15-7-8-18(10-17(15)13-26)28-25-29-21-12-23(34-4)22(33-3)11-20(21)24(30-25)31-9-5-6-19(14-31)27-16(2)32/h7-8,10-12,19H,5-6,9,14H2,1-4H3,(H,27,32)(H,28,29,30). The molecule has 9 nitrogen and oxygen atoms in total. The molecule has 2 heterocycles. The Balaban J connectivity index is 1.80. The highest BCUT2D eigenvalue weighted by Crippen LogP contribution is 2.37. The molecule has 0 radical (unpaired) electrons. The van der Waals surface area contributed by atoms with Crippen LogP contribution in [0.4, 0.5) is 17.5 Å². The zero-order chi connectivity index (χ0) is 24.2. The van der Waals surface area contributed by atoms with E-state index in [1.807, 2.05) is 31.2 Å². The van der Waals surface area contributed by atoms with Crippen LogP contribution in [0.2, 0.25) is 0 Å². The molecule has 34 heavy (non-hydrogen) atoms. The molecule has 1 aliphatic rings. The van der Waals surface area contributed by atoms with Gasteiger partial charge < -0.3 is 25.0 Å². The maximum Gasteiger partial charge on any atom is 0.229 e. The molecule has 3 aromatic rings. The van der Waals surface area contributed by atoms with Gasteiger partial charge in [0.25, 0.3) is 0 Å². The van der Waals surface area contributed by atoms with Crippen LogP contribution in [-0.2, 0) is 4.79 Å². The van der Waals surface area contributed by atoms with Crippen LogP contribution in [0, 0.1) is 18.3 Å². The molecule has 2 N–H and O–H groups in total. The minimum Gasteiger partial charge on any atom is -0.493 e. The number of aryl methyl sites for hydroxylation is 1. The number of piperidine rings is 1. The summed E-state index contributed by atoms with van der Waals surface area (Å²) in [6.07, 6.45) is 1.84. The van der Waals surface area contributed by atoms with E-state index in [0.29, 0.717) is 35.1 Å². The highest BCUT2D eigenvalue weighted by molar-refractivity contribution is 5.93. The first kappa shape index (κ1) is 23.1. The summed E-state index contributed by atoms with van der Waals surface area (Å²) in [4.78, 5) is 23.4. The predicted octanol–water partition coefficient (Wildman–Crippen LogP) is 3.68. The summed E-state index contributed by atoms with van der Waals surface area (Å²) in [5, 5.41) is 16.5. The fraction of sp³-hybridized carbons (Fsp3) is 0.360. The lowest BCUT2D eigenvalue weighted by Gasteiger charge is -2.34. The Morgan fingerprint density at radius 1 is 1.18 bits per heavy atom. The molecule has 1 aromatic heterocycles. The molecule has 1 unspecified atom stereocenters. The molecule has 1 aliphatic heterocycles. The molecule has 0 bridgehead atoms. The summed E-state index contributed by atoms with van der Waals surface area (Å²) in [6, 6.07) is 11.5. The van der Waals surface area contributed by atoms with Crippen LogP contribution in [0.15, 0.2) is 30.3 Å². The number of nitriles is 1. The molecule has 176 valence electrons. The van der Waals surface area contributed by atoms with Crippen molar-refractivity contribution in [3.63, 3.8) is 0 Å². The number of hydrogen-bond acceptors (Lipinski definition) is 8. The number of amides is 1. The summed E-state index contributed by atoms with van der Waals surface area (Å²) < 4.78 is 11.0. The molecular weight excluding hydrogens is 432 g/mol. The average molecular weight is 461 g/mol. The van der Waals surface area contributed by atoms with Gasteiger partial charge in [-0.2, -0.15) is 10.2 Å². The van der Waals surface area contributed by atoms with Gasteiger partial charge in [0.15, 0.2) is 11.5 Å². The van der Waals surface area contributed by atoms with E-state index in [1.165, 1.54) is 6.92 Å². The lowest BCUT2D eigenvalue weighted by Crippen LogP contribution is -2.47. The van der Waals surface area contributed by atoms with Gasteiger partial charge in [-0.05, 0) is 43.5 Å². The smallest absolute Gasteiger partial charge is 0.229 e. The number of carbonyl (C=O) groups excluding carboxylic acids is 1. The molecule has 0 spiro atoms. The number of anilines is 3. The highest BCUT2D eigenvalue weighted by Gasteiger charge is 2.25. The number of ether oxygens (including phenoxy) is 2. The molecule has 1 atom stereocenters. The third-order valence-corrected chi connectivity index (χ3v) is 5.92. The van der Waals surface area contributed by atoms with Gasteiger partial charge in [0.1, 0.15) is 5.82 Å². The molecular formula is C25H28N6O3. The van der Waals surface area contributed by atoms with Gasteiger partial charge in [-0.1, -0.05) is 6.07 Å². The van der Waals surface area contributed by atoms with E-state index in [1.54, 1.807) is 20.3 Å². The molecule has 0 aliphatic carbocycles. The normalized spacial score (nSPS) is 15.5. The van der Waals surface area contributed by atoms with E-state index < -0.39 is 0 Å². The number of benzene rings is 2. The zero-order valence-corrected chi connectivity index (χ0v) is 19.8. The number of rotatable bonds is 6. The first-order valence-electron chi connectivity index (χ1n) is 11.2. The topological polar surface area (TPSA) is 112 Å². The zero-order valence-electron chi connectivity index (χ0n) is 19.8. The van der Waals surface area contributed by atoms with Gasteiger partial charge >= 0.3 is 0 Å². The maximum absolute atomic E-state index is 11.6. The Morgan fingerprint density at radius 2 is 1.94 bits per heavy atom. The van der Waals surface area contributed by atoms with Crippen molar-refractivity contribution in [2.45, 2.75) is 32.7 Å². The molecule has 1 amide bonds. The largest absolute Gasteiger partial charge is 0.493 e. The van der Waals surface area contributed by atoms with Gasteiger partial charge in [-0.25, -0.2) is 4.98 Å². The highest BCUT2D eigenvalue weighted by atomic mass is 16.5. The van der Waals surface area contributed by atoms with Gasteiger partial charge in [-0.3, -0.25) is 4.79 Å². The Morgan fingerprint density at radius 3 is 2.65 bits per heavy atom. The third-order valence-electron chi connectivity index (χ3n) is 5.92. The second-order valence-electron chi connectivity index (χ2n) is 8.35. The van der Waals surface area contributed by atoms with Gasteiger partial charge in [0.05, 0.1) is 31.4 Å². The molecule has 4 rings (SSSR count). The van der Waals surface area contributed by atoms with E-state index in [2.05, 4.69) is 21.6 Å². The second kappa shape index (κ2) is 9.83. The minimum absolute atomic E-state index is 0.0409. The number of methoxy groups -OCH3 is 2. The van der Waals surface area contributed by atoms with Crippen molar-refractivity contribution in [1.29, 1.82) is 5.26 Å². The lowest BCUT2D eigenvalue weighted by molar-refractivity contribution is -0.119. The SMILES string of the molecule is COc1cc2nc(Nc3ccc(C)c(C#N)c3)nc(N3CCCC(NC(C)=O)C3)c2cc1OC. The summed E-state index contributed by atoms with van der Waals surface area (Å²) in [6.45, 7) is 4.88. The second-order valence-corrected chi connectivity index (χ2v) is 8.35. The number of hydrogen-bond donors (Lipinski definition) is 2. The number of carbonyl (C=O) groups is 1. The Labute approximate surface area is 198 Å². The Kier molecular flexibility index (Phi) is 6.68. The van der Waals surface area contributed by atoms with E-state index in [0.717, 1.165) is 41.8 Å². The monoisotopic (exact) mass is 460 g/mol. The van der Waals surface area contributed by atoms with Crippen LogP contribution in [0.1, 0.15) is 30.9 Å². The van der Waals surface area contributed by atoms with Crippen LogP contribution >= 0.6 is 0 Å². The van der Waals surface area contributed by atoms with Crippen molar-refractivity contribution in [1.82, 2.24) is 15.3 Å². The van der Waals surface area contributed by atoms with E-state index >= 15 is 0 Å². The summed E-state index contributed by atoms with van der Waals surface area (Å²) >= 11 is 0. The van der Waals surface area contributed by atoms with Crippen LogP contribution < -0.4 is 25.0 Å². The molecule has 2 aromatic carbocycles. The summed E-state index contributed by atoms with van der Waals surface area (Å²) in [5.41, 5.74) is 2.91. The summed E-state index contributed by atoms with van der Waals surface area (Å²) in [5.74, 6) is 2.27. The van der Waals surface area contributed by atoms with Crippen molar-refractivity contribution >= 4 is 34.3 Å². The number of nitrogens with zero attached hydrogens (tertiary/aromatic N) is 4. The van der Waals surface area contributed by atoms with E-state index in [-0.39, 0.29) is 11.9 Å². The number of nitrogens with one attached hydrogen (secondary N) is 2. The quantitative estimate of drug-likeness (QED) is 0.573. The number of fused-ring (bicyclic) bond motifs is 1. The van der Waals surface area contributed by atoms with Crippen molar-refractivity contribution in [3.8, 4) is 17.6 Å². The van der Waals surface area contributed by atoms with Gasteiger partial charge in [0.2, 0.25) is 11.9 Å². The van der Waals surface area contributed by atoms with Crippen molar-refractivity contribution in [3.05, 3.63) is 41.5 Å². The first-order valence-corrected chi connectivity index (χ1v) is 11.2. The van der Waals surface area contributed by atoms with Gasteiger partial charge in [0, 0.05) is 43.2 Å². The van der Waals surface area contributed by atoms with Gasteiger partial charge in [-0.15, -0.1) is 0 Å². The fourth-order valence-corrected chi connectivity index (χ4v) is 4.26. The van der Waals surface area contributed by atoms with E-state index in [9.17, 15) is 10.1 Å². The van der Waals surface area contributed by atoms with Crippen LogP contribution in [0.25, 0.3) is 10.9 Å². The van der Waals surface area contributed by atoms with Crippen molar-refractivity contribution in [2.75, 3.05) is 37.5 Å². The predicted molar refractivity (Wildman–Crippen MR) is 131 cm³/mol. The third kappa shape index (κ3) is 4.81. The summed E-state index contributed by atoms with van der Waals surface area (Å²) in [7, 11) is 3.18. The average Bonchev–Trinajstić information content (AvgIpc) is 2.83. The minimum atomic E-state index is -0.0409. The molecule has 1 fully saturated rings. The van der Waals surface area contributed by atoms with Crippen LogP contribution in [-0.4, -0.2) is 49.2 Å². The van der Waals surface area contributed by atoms with E-state index in [4.69, 9.17) is 19.4 Å². The molecule has 1 saturated heterocycles. The molecule has 9 heteroatoms. The Bertz CT molecular complexity index is 1270.